The second kappa shape index (κ2) is 5.60. The number of carbonyl (C=O) groups is 2. The van der Waals surface area contributed by atoms with Crippen molar-refractivity contribution in [1.29, 1.82) is 0 Å². The summed E-state index contributed by atoms with van der Waals surface area (Å²) in [6.45, 7) is 3.71. The zero-order valence-corrected chi connectivity index (χ0v) is 9.49. The average molecular weight is 227 g/mol. The van der Waals surface area contributed by atoms with Crippen molar-refractivity contribution < 1.29 is 14.7 Å². The van der Waals surface area contributed by atoms with Crippen LogP contribution in [0, 0.1) is 5.92 Å². The summed E-state index contributed by atoms with van der Waals surface area (Å²) in [5.74, 6) is -0.361. The summed E-state index contributed by atoms with van der Waals surface area (Å²) in [4.78, 5) is 22.5. The number of aliphatic hydroxyl groups is 1. The van der Waals surface area contributed by atoms with E-state index in [0.717, 1.165) is 0 Å². The van der Waals surface area contributed by atoms with E-state index in [4.69, 9.17) is 5.11 Å². The van der Waals surface area contributed by atoms with Crippen molar-refractivity contribution >= 4 is 17.5 Å². The SMILES string of the molecule is CC(C)[C@@H](CO)NC(=O)C1=NNC(=O)CC1. The lowest BCUT2D eigenvalue weighted by atomic mass is 10.0. The van der Waals surface area contributed by atoms with Gasteiger partial charge in [-0.25, -0.2) is 5.43 Å². The quantitative estimate of drug-likeness (QED) is 0.598. The van der Waals surface area contributed by atoms with Gasteiger partial charge in [0.25, 0.3) is 5.91 Å². The molecule has 0 spiro atoms. The lowest BCUT2D eigenvalue weighted by Crippen LogP contribution is -2.45. The molecule has 1 heterocycles. The van der Waals surface area contributed by atoms with E-state index < -0.39 is 0 Å². The minimum Gasteiger partial charge on any atom is -0.394 e. The Labute approximate surface area is 94.1 Å². The van der Waals surface area contributed by atoms with Crippen LogP contribution in [0.25, 0.3) is 0 Å². The lowest BCUT2D eigenvalue weighted by molar-refractivity contribution is -0.121. The highest BCUT2D eigenvalue weighted by molar-refractivity contribution is 6.39. The predicted molar refractivity (Wildman–Crippen MR) is 58.7 cm³/mol. The van der Waals surface area contributed by atoms with Crippen LogP contribution in [0.2, 0.25) is 0 Å². The zero-order valence-electron chi connectivity index (χ0n) is 9.49. The summed E-state index contributed by atoms with van der Waals surface area (Å²) in [7, 11) is 0. The smallest absolute Gasteiger partial charge is 0.267 e. The van der Waals surface area contributed by atoms with Gasteiger partial charge in [0.15, 0.2) is 0 Å². The third-order valence-corrected chi connectivity index (χ3v) is 2.48. The molecule has 0 aliphatic carbocycles. The Morgan fingerprint density at radius 3 is 2.69 bits per heavy atom. The van der Waals surface area contributed by atoms with Gasteiger partial charge in [0.1, 0.15) is 5.71 Å². The van der Waals surface area contributed by atoms with Crippen LogP contribution < -0.4 is 10.7 Å². The standard InChI is InChI=1S/C10H17N3O3/c1-6(2)8(5-14)11-10(16)7-3-4-9(15)13-12-7/h6,8,14H,3-5H2,1-2H3,(H,11,16)(H,13,15)/t8-/m1/s1. The van der Waals surface area contributed by atoms with Gasteiger partial charge in [-0.05, 0) is 5.92 Å². The molecule has 0 fully saturated rings. The summed E-state index contributed by atoms with van der Waals surface area (Å²) in [6.07, 6.45) is 0.617. The fourth-order valence-corrected chi connectivity index (χ4v) is 1.31. The van der Waals surface area contributed by atoms with Crippen LogP contribution in [0.3, 0.4) is 0 Å². The summed E-state index contributed by atoms with van der Waals surface area (Å²) in [5, 5.41) is 15.4. The molecule has 0 bridgehead atoms. The molecule has 16 heavy (non-hydrogen) atoms. The Morgan fingerprint density at radius 1 is 1.56 bits per heavy atom. The molecule has 0 aromatic carbocycles. The maximum Gasteiger partial charge on any atom is 0.267 e. The van der Waals surface area contributed by atoms with Crippen molar-refractivity contribution in [1.82, 2.24) is 10.7 Å². The molecule has 0 saturated carbocycles. The monoisotopic (exact) mass is 227 g/mol. The molecule has 2 amide bonds. The molecule has 1 atom stereocenters. The first kappa shape index (κ1) is 12.6. The Morgan fingerprint density at radius 2 is 2.25 bits per heavy atom. The molecular formula is C10H17N3O3. The molecule has 0 unspecified atom stereocenters. The fraction of sp³-hybridized carbons (Fsp3) is 0.700. The number of hydrogen-bond donors (Lipinski definition) is 3. The van der Waals surface area contributed by atoms with Crippen molar-refractivity contribution in [3.05, 3.63) is 0 Å². The van der Waals surface area contributed by atoms with E-state index in [0.29, 0.717) is 12.1 Å². The van der Waals surface area contributed by atoms with Crippen molar-refractivity contribution in [3.63, 3.8) is 0 Å². The first-order valence-electron chi connectivity index (χ1n) is 5.31. The number of aliphatic hydroxyl groups excluding tert-OH is 1. The molecule has 1 rings (SSSR count). The topological polar surface area (TPSA) is 90.8 Å². The van der Waals surface area contributed by atoms with Crippen LogP contribution >= 0.6 is 0 Å². The second-order valence-corrected chi connectivity index (χ2v) is 4.10. The summed E-state index contributed by atoms with van der Waals surface area (Å²) in [5.41, 5.74) is 2.56. The maximum absolute atomic E-state index is 11.7. The number of hydrazone groups is 1. The average Bonchev–Trinajstić information content (AvgIpc) is 2.26. The zero-order chi connectivity index (χ0) is 12.1. The second-order valence-electron chi connectivity index (χ2n) is 4.10. The summed E-state index contributed by atoms with van der Waals surface area (Å²) in [6, 6.07) is -0.284. The van der Waals surface area contributed by atoms with Crippen LogP contribution in [-0.2, 0) is 9.59 Å². The third kappa shape index (κ3) is 3.30. The van der Waals surface area contributed by atoms with Crippen molar-refractivity contribution in [2.75, 3.05) is 6.61 Å². The molecule has 0 aromatic rings. The Balaban J connectivity index is 2.55. The molecular weight excluding hydrogens is 210 g/mol. The van der Waals surface area contributed by atoms with E-state index in [1.54, 1.807) is 0 Å². The van der Waals surface area contributed by atoms with E-state index in [-0.39, 0.29) is 36.8 Å². The Hall–Kier alpha value is -1.43. The molecule has 1 aliphatic heterocycles. The fourth-order valence-electron chi connectivity index (χ4n) is 1.31. The van der Waals surface area contributed by atoms with Gasteiger partial charge in [-0.3, -0.25) is 9.59 Å². The number of nitrogens with one attached hydrogen (secondary N) is 2. The highest BCUT2D eigenvalue weighted by Gasteiger charge is 2.21. The molecule has 0 saturated heterocycles. The third-order valence-electron chi connectivity index (χ3n) is 2.48. The van der Waals surface area contributed by atoms with Crippen LogP contribution in [0.1, 0.15) is 26.7 Å². The first-order chi connectivity index (χ1) is 7.54. The van der Waals surface area contributed by atoms with E-state index in [2.05, 4.69) is 15.8 Å². The van der Waals surface area contributed by atoms with E-state index in [9.17, 15) is 9.59 Å². The van der Waals surface area contributed by atoms with Crippen molar-refractivity contribution in [2.45, 2.75) is 32.7 Å². The van der Waals surface area contributed by atoms with E-state index in [1.807, 2.05) is 13.8 Å². The molecule has 1 aliphatic rings. The number of hydrogen-bond acceptors (Lipinski definition) is 4. The minimum atomic E-state index is -0.326. The molecule has 0 aromatic heterocycles. The maximum atomic E-state index is 11.7. The van der Waals surface area contributed by atoms with E-state index >= 15 is 0 Å². The predicted octanol–water partition coefficient (Wildman–Crippen LogP) is -0.614. The molecule has 90 valence electrons. The van der Waals surface area contributed by atoms with Gasteiger partial charge in [-0.15, -0.1) is 0 Å². The van der Waals surface area contributed by atoms with Crippen LogP contribution in [0.15, 0.2) is 5.10 Å². The van der Waals surface area contributed by atoms with Gasteiger partial charge in [0.2, 0.25) is 5.91 Å². The van der Waals surface area contributed by atoms with Crippen molar-refractivity contribution in [3.8, 4) is 0 Å². The number of rotatable bonds is 4. The van der Waals surface area contributed by atoms with Crippen LogP contribution in [0.5, 0.6) is 0 Å². The van der Waals surface area contributed by atoms with Crippen molar-refractivity contribution in [2.24, 2.45) is 11.0 Å². The van der Waals surface area contributed by atoms with Gasteiger partial charge < -0.3 is 10.4 Å². The lowest BCUT2D eigenvalue weighted by Gasteiger charge is -2.21. The minimum absolute atomic E-state index is 0.108. The first-order valence-corrected chi connectivity index (χ1v) is 5.31. The van der Waals surface area contributed by atoms with Gasteiger partial charge in [-0.2, -0.15) is 5.10 Å². The van der Waals surface area contributed by atoms with Crippen LogP contribution in [0.4, 0.5) is 0 Å². The van der Waals surface area contributed by atoms with Gasteiger partial charge in [-0.1, -0.05) is 13.8 Å². The number of amides is 2. The molecule has 6 heteroatoms. The molecule has 0 radical (unpaired) electrons. The Bertz CT molecular complexity index is 312. The van der Waals surface area contributed by atoms with Gasteiger partial charge in [0, 0.05) is 12.8 Å². The van der Waals surface area contributed by atoms with Gasteiger partial charge >= 0.3 is 0 Å². The Kier molecular flexibility index (Phi) is 4.42. The normalized spacial score (nSPS) is 17.8. The molecule has 6 nitrogen and oxygen atoms in total. The van der Waals surface area contributed by atoms with Crippen LogP contribution in [-0.4, -0.2) is 35.3 Å². The number of carbonyl (C=O) groups excluding carboxylic acids is 2. The summed E-state index contributed by atoms with van der Waals surface area (Å²) < 4.78 is 0. The highest BCUT2D eigenvalue weighted by Crippen LogP contribution is 2.03. The largest absolute Gasteiger partial charge is 0.394 e. The van der Waals surface area contributed by atoms with Gasteiger partial charge in [0.05, 0.1) is 12.6 Å². The summed E-state index contributed by atoms with van der Waals surface area (Å²) >= 11 is 0. The molecule has 3 N–H and O–H groups in total. The number of nitrogens with zero attached hydrogens (tertiary/aromatic N) is 1. The highest BCUT2D eigenvalue weighted by atomic mass is 16.3. The van der Waals surface area contributed by atoms with E-state index in [1.165, 1.54) is 0 Å².